The molecule has 0 radical (unpaired) electrons. The number of aryl methyl sites for hydroxylation is 2. The van der Waals surface area contributed by atoms with E-state index in [4.69, 9.17) is 4.74 Å². The monoisotopic (exact) mass is 397 g/mol. The SMILES string of the molecule is COc1ccc(Br)cc1CNc1cc(C)c(Br)c(C)c1. The Labute approximate surface area is 136 Å². The smallest absolute Gasteiger partial charge is 0.123 e. The predicted molar refractivity (Wildman–Crippen MR) is 91.6 cm³/mol. The summed E-state index contributed by atoms with van der Waals surface area (Å²) >= 11 is 7.08. The van der Waals surface area contributed by atoms with Gasteiger partial charge in [0.15, 0.2) is 0 Å². The van der Waals surface area contributed by atoms with E-state index in [0.29, 0.717) is 0 Å². The van der Waals surface area contributed by atoms with Crippen LogP contribution in [0.4, 0.5) is 5.69 Å². The molecule has 0 heterocycles. The molecule has 0 aliphatic rings. The van der Waals surface area contributed by atoms with Gasteiger partial charge in [0, 0.05) is 26.7 Å². The summed E-state index contributed by atoms with van der Waals surface area (Å²) in [6.45, 7) is 4.92. The molecule has 0 saturated heterocycles. The molecule has 1 N–H and O–H groups in total. The van der Waals surface area contributed by atoms with Gasteiger partial charge in [-0.15, -0.1) is 0 Å². The molecule has 4 heteroatoms. The summed E-state index contributed by atoms with van der Waals surface area (Å²) < 4.78 is 7.61. The van der Waals surface area contributed by atoms with Crippen LogP contribution in [0.2, 0.25) is 0 Å². The lowest BCUT2D eigenvalue weighted by Crippen LogP contribution is -2.02. The van der Waals surface area contributed by atoms with E-state index in [1.54, 1.807) is 7.11 Å². The largest absolute Gasteiger partial charge is 0.496 e. The Morgan fingerprint density at radius 3 is 2.30 bits per heavy atom. The third-order valence-corrected chi connectivity index (χ3v) is 4.91. The molecule has 20 heavy (non-hydrogen) atoms. The number of hydrogen-bond donors (Lipinski definition) is 1. The van der Waals surface area contributed by atoms with Gasteiger partial charge in [-0.1, -0.05) is 31.9 Å². The molecular weight excluding hydrogens is 382 g/mol. The molecule has 0 aliphatic heterocycles. The molecular formula is C16H17Br2NO. The van der Waals surface area contributed by atoms with Crippen LogP contribution in [0.5, 0.6) is 5.75 Å². The summed E-state index contributed by atoms with van der Waals surface area (Å²) in [5, 5.41) is 3.45. The van der Waals surface area contributed by atoms with Crippen LogP contribution in [0.3, 0.4) is 0 Å². The molecule has 106 valence electrons. The van der Waals surface area contributed by atoms with Crippen molar-refractivity contribution in [3.05, 3.63) is 56.0 Å². The Balaban J connectivity index is 2.18. The molecule has 0 unspecified atom stereocenters. The number of halogens is 2. The molecule has 0 spiro atoms. The fourth-order valence-electron chi connectivity index (χ4n) is 2.13. The minimum atomic E-state index is 0.725. The highest BCUT2D eigenvalue weighted by Crippen LogP contribution is 2.27. The maximum atomic E-state index is 5.39. The van der Waals surface area contributed by atoms with Gasteiger partial charge >= 0.3 is 0 Å². The van der Waals surface area contributed by atoms with Crippen molar-refractivity contribution in [3.63, 3.8) is 0 Å². The van der Waals surface area contributed by atoms with Crippen molar-refractivity contribution in [3.8, 4) is 5.75 Å². The van der Waals surface area contributed by atoms with Crippen molar-refractivity contribution >= 4 is 37.5 Å². The fraction of sp³-hybridized carbons (Fsp3) is 0.250. The van der Waals surface area contributed by atoms with Gasteiger partial charge in [0.1, 0.15) is 5.75 Å². The van der Waals surface area contributed by atoms with E-state index in [-0.39, 0.29) is 0 Å². The minimum absolute atomic E-state index is 0.725. The number of anilines is 1. The van der Waals surface area contributed by atoms with E-state index < -0.39 is 0 Å². The zero-order valence-corrected chi connectivity index (χ0v) is 14.9. The average Bonchev–Trinajstić information content (AvgIpc) is 2.42. The van der Waals surface area contributed by atoms with Gasteiger partial charge < -0.3 is 10.1 Å². The second-order valence-corrected chi connectivity index (χ2v) is 6.44. The number of methoxy groups -OCH3 is 1. The molecule has 0 aliphatic carbocycles. The van der Waals surface area contributed by atoms with Crippen LogP contribution in [0, 0.1) is 13.8 Å². The third-order valence-electron chi connectivity index (χ3n) is 3.16. The van der Waals surface area contributed by atoms with Crippen LogP contribution < -0.4 is 10.1 Å². The molecule has 2 rings (SSSR count). The Bertz CT molecular complexity index is 603. The summed E-state index contributed by atoms with van der Waals surface area (Å²) in [5.41, 5.74) is 4.70. The van der Waals surface area contributed by atoms with Gasteiger partial charge in [0.25, 0.3) is 0 Å². The quantitative estimate of drug-likeness (QED) is 0.739. The van der Waals surface area contributed by atoms with Gasteiger partial charge in [-0.2, -0.15) is 0 Å². The van der Waals surface area contributed by atoms with Crippen molar-refractivity contribution in [2.45, 2.75) is 20.4 Å². The molecule has 0 amide bonds. The van der Waals surface area contributed by atoms with E-state index in [1.165, 1.54) is 15.6 Å². The number of nitrogens with one attached hydrogen (secondary N) is 1. The van der Waals surface area contributed by atoms with Crippen molar-refractivity contribution in [2.24, 2.45) is 0 Å². The summed E-state index contributed by atoms with van der Waals surface area (Å²) in [4.78, 5) is 0. The van der Waals surface area contributed by atoms with Crippen molar-refractivity contribution in [2.75, 3.05) is 12.4 Å². The summed E-state index contributed by atoms with van der Waals surface area (Å²) in [7, 11) is 1.70. The van der Waals surface area contributed by atoms with E-state index in [1.807, 2.05) is 12.1 Å². The summed E-state index contributed by atoms with van der Waals surface area (Å²) in [6, 6.07) is 10.3. The summed E-state index contributed by atoms with van der Waals surface area (Å²) in [6.07, 6.45) is 0. The number of benzene rings is 2. The number of rotatable bonds is 4. The second kappa shape index (κ2) is 6.64. The van der Waals surface area contributed by atoms with Crippen molar-refractivity contribution in [1.29, 1.82) is 0 Å². The highest BCUT2D eigenvalue weighted by atomic mass is 79.9. The van der Waals surface area contributed by atoms with Crippen LogP contribution in [-0.4, -0.2) is 7.11 Å². The van der Waals surface area contributed by atoms with Crippen LogP contribution in [0.25, 0.3) is 0 Å². The zero-order valence-electron chi connectivity index (χ0n) is 11.8. The molecule has 2 aromatic carbocycles. The Hall–Kier alpha value is -1.00. The van der Waals surface area contributed by atoms with Crippen LogP contribution >= 0.6 is 31.9 Å². The zero-order chi connectivity index (χ0) is 14.7. The van der Waals surface area contributed by atoms with E-state index in [0.717, 1.165) is 28.0 Å². The van der Waals surface area contributed by atoms with Crippen LogP contribution in [-0.2, 0) is 6.54 Å². The van der Waals surface area contributed by atoms with Crippen LogP contribution in [0.1, 0.15) is 16.7 Å². The molecule has 2 nitrogen and oxygen atoms in total. The van der Waals surface area contributed by atoms with E-state index in [9.17, 15) is 0 Å². The summed E-state index contributed by atoms with van der Waals surface area (Å²) in [5.74, 6) is 0.895. The standard InChI is InChI=1S/C16H17Br2NO/c1-10-6-14(7-11(2)16(10)18)19-9-12-8-13(17)4-5-15(12)20-3/h4-8,19H,9H2,1-3H3. The first-order chi connectivity index (χ1) is 9.51. The molecule has 2 aromatic rings. The lowest BCUT2D eigenvalue weighted by Gasteiger charge is -2.13. The Kier molecular flexibility index (Phi) is 5.11. The fourth-order valence-corrected chi connectivity index (χ4v) is 2.77. The average molecular weight is 399 g/mol. The number of hydrogen-bond acceptors (Lipinski definition) is 2. The number of ether oxygens (including phenoxy) is 1. The predicted octanol–water partition coefficient (Wildman–Crippen LogP) is 5.45. The van der Waals surface area contributed by atoms with Crippen LogP contribution in [0.15, 0.2) is 39.3 Å². The maximum Gasteiger partial charge on any atom is 0.123 e. The first kappa shape index (κ1) is 15.4. The molecule has 0 bridgehead atoms. The highest BCUT2D eigenvalue weighted by Gasteiger charge is 2.06. The minimum Gasteiger partial charge on any atom is -0.496 e. The maximum absolute atomic E-state index is 5.39. The first-order valence-electron chi connectivity index (χ1n) is 6.34. The van der Waals surface area contributed by atoms with Gasteiger partial charge in [0.05, 0.1) is 7.11 Å². The van der Waals surface area contributed by atoms with Gasteiger partial charge in [0.2, 0.25) is 0 Å². The van der Waals surface area contributed by atoms with E-state index in [2.05, 4.69) is 69.2 Å². The molecule has 0 atom stereocenters. The topological polar surface area (TPSA) is 21.3 Å². The lowest BCUT2D eigenvalue weighted by molar-refractivity contribution is 0.410. The third kappa shape index (κ3) is 3.55. The lowest BCUT2D eigenvalue weighted by atomic mass is 10.1. The van der Waals surface area contributed by atoms with Gasteiger partial charge in [-0.3, -0.25) is 0 Å². The van der Waals surface area contributed by atoms with Gasteiger partial charge in [-0.05, 0) is 55.3 Å². The van der Waals surface area contributed by atoms with Crippen molar-refractivity contribution in [1.82, 2.24) is 0 Å². The molecule has 0 saturated carbocycles. The first-order valence-corrected chi connectivity index (χ1v) is 7.93. The van der Waals surface area contributed by atoms with Gasteiger partial charge in [-0.25, -0.2) is 0 Å². The van der Waals surface area contributed by atoms with Crippen molar-refractivity contribution < 1.29 is 4.74 Å². The second-order valence-electron chi connectivity index (χ2n) is 4.73. The molecule has 0 aromatic heterocycles. The Morgan fingerprint density at radius 1 is 1.05 bits per heavy atom. The normalized spacial score (nSPS) is 10.4. The highest BCUT2D eigenvalue weighted by molar-refractivity contribution is 9.10. The Morgan fingerprint density at radius 2 is 1.70 bits per heavy atom. The van der Waals surface area contributed by atoms with E-state index >= 15 is 0 Å². The molecule has 0 fully saturated rings.